The molecule has 0 atom stereocenters. The zero-order valence-electron chi connectivity index (χ0n) is 6.01. The Morgan fingerprint density at radius 2 is 1.67 bits per heavy atom. The van der Waals surface area contributed by atoms with Gasteiger partial charge in [-0.2, -0.15) is 0 Å². The Morgan fingerprint density at radius 3 is 1.67 bits per heavy atom. The molecule has 3 heteroatoms. The highest BCUT2D eigenvalue weighted by Crippen LogP contribution is 1.82. The zero-order chi connectivity index (χ0) is 7.70. The van der Waals surface area contributed by atoms with Gasteiger partial charge in [0.25, 0.3) is 0 Å². The molecule has 0 aromatic carbocycles. The fraction of sp³-hybridized carbons (Fsp3) is 0.667. The lowest BCUT2D eigenvalue weighted by molar-refractivity contribution is -0.0877. The van der Waals surface area contributed by atoms with E-state index in [9.17, 15) is 0 Å². The van der Waals surface area contributed by atoms with Crippen LogP contribution in [0.4, 0.5) is 0 Å². The van der Waals surface area contributed by atoms with Gasteiger partial charge >= 0.3 is 0 Å². The van der Waals surface area contributed by atoms with Crippen molar-refractivity contribution in [3.63, 3.8) is 0 Å². The minimum absolute atomic E-state index is 0.0648. The Hall–Kier alpha value is -0.630. The SMILES string of the molecule is C=C=O.COC(C)OC. The van der Waals surface area contributed by atoms with E-state index in [0.717, 1.165) is 0 Å². The van der Waals surface area contributed by atoms with Crippen molar-refractivity contribution in [2.75, 3.05) is 14.2 Å². The van der Waals surface area contributed by atoms with Crippen LogP contribution >= 0.6 is 0 Å². The number of carbonyl (C=O) groups excluding carboxylic acids is 1. The Balaban J connectivity index is 0. The highest BCUT2D eigenvalue weighted by atomic mass is 16.7. The minimum atomic E-state index is -0.0648. The van der Waals surface area contributed by atoms with Gasteiger partial charge in [0.15, 0.2) is 6.29 Å². The van der Waals surface area contributed by atoms with Crippen molar-refractivity contribution < 1.29 is 14.3 Å². The Labute approximate surface area is 55.3 Å². The van der Waals surface area contributed by atoms with E-state index in [-0.39, 0.29) is 6.29 Å². The molecule has 0 spiro atoms. The Morgan fingerprint density at radius 1 is 1.44 bits per heavy atom. The van der Waals surface area contributed by atoms with Crippen LogP contribution in [-0.4, -0.2) is 26.5 Å². The topological polar surface area (TPSA) is 35.5 Å². The maximum Gasteiger partial charge on any atom is 0.154 e. The quantitative estimate of drug-likeness (QED) is 0.408. The van der Waals surface area contributed by atoms with Crippen molar-refractivity contribution in [3.05, 3.63) is 6.58 Å². The zero-order valence-corrected chi connectivity index (χ0v) is 6.01. The molecule has 0 unspecified atom stereocenters. The lowest BCUT2D eigenvalue weighted by Crippen LogP contribution is -2.05. The van der Waals surface area contributed by atoms with E-state index in [0.29, 0.717) is 0 Å². The second-order valence-corrected chi connectivity index (χ2v) is 1.18. The molecule has 0 aromatic heterocycles. The second-order valence-electron chi connectivity index (χ2n) is 1.18. The van der Waals surface area contributed by atoms with Crippen molar-refractivity contribution in [2.24, 2.45) is 0 Å². The van der Waals surface area contributed by atoms with Gasteiger partial charge in [-0.3, -0.25) is 0 Å². The summed E-state index contributed by atoms with van der Waals surface area (Å²) in [5.74, 6) is 1.25. The molecule has 0 amide bonds. The summed E-state index contributed by atoms with van der Waals surface area (Å²) in [5, 5.41) is 0. The van der Waals surface area contributed by atoms with Crippen LogP contribution in [0.5, 0.6) is 0 Å². The van der Waals surface area contributed by atoms with Gasteiger partial charge in [0.05, 0.1) is 0 Å². The fourth-order valence-electron chi connectivity index (χ4n) is 0.0962. The van der Waals surface area contributed by atoms with Crippen LogP contribution in [0, 0.1) is 0 Å². The predicted octanol–water partition coefficient (Wildman–Crippen LogP) is 0.629. The van der Waals surface area contributed by atoms with Crippen molar-refractivity contribution in [2.45, 2.75) is 13.2 Å². The molecule has 0 aromatic rings. The van der Waals surface area contributed by atoms with Crippen LogP contribution in [0.25, 0.3) is 0 Å². The molecule has 0 saturated heterocycles. The average Bonchev–Trinajstić information content (AvgIpc) is 1.88. The highest BCUT2D eigenvalue weighted by Gasteiger charge is 1.87. The number of hydrogen-bond donors (Lipinski definition) is 0. The number of rotatable bonds is 2. The first-order valence-corrected chi connectivity index (χ1v) is 2.42. The van der Waals surface area contributed by atoms with Gasteiger partial charge in [0.1, 0.15) is 5.94 Å². The summed E-state index contributed by atoms with van der Waals surface area (Å²) >= 11 is 0. The van der Waals surface area contributed by atoms with E-state index < -0.39 is 0 Å². The molecule has 0 fully saturated rings. The monoisotopic (exact) mass is 132 g/mol. The van der Waals surface area contributed by atoms with Crippen molar-refractivity contribution >= 4 is 5.94 Å². The van der Waals surface area contributed by atoms with E-state index in [4.69, 9.17) is 4.79 Å². The maximum absolute atomic E-state index is 8.57. The van der Waals surface area contributed by atoms with Crippen LogP contribution in [-0.2, 0) is 14.3 Å². The summed E-state index contributed by atoms with van der Waals surface area (Å²) in [6.45, 7) is 4.51. The number of hydrogen-bond acceptors (Lipinski definition) is 3. The van der Waals surface area contributed by atoms with Crippen LogP contribution in [0.1, 0.15) is 6.92 Å². The maximum atomic E-state index is 8.57. The predicted molar refractivity (Wildman–Crippen MR) is 34.8 cm³/mol. The smallest absolute Gasteiger partial charge is 0.154 e. The van der Waals surface area contributed by atoms with Crippen LogP contribution in [0.15, 0.2) is 6.58 Å². The molecular weight excluding hydrogens is 120 g/mol. The molecule has 0 rings (SSSR count). The van der Waals surface area contributed by atoms with Crippen molar-refractivity contribution in [1.82, 2.24) is 0 Å². The second kappa shape index (κ2) is 10.4. The molecule has 54 valence electrons. The molecule has 9 heavy (non-hydrogen) atoms. The third-order valence-electron chi connectivity index (χ3n) is 0.664. The molecule has 0 radical (unpaired) electrons. The minimum Gasteiger partial charge on any atom is -0.356 e. The van der Waals surface area contributed by atoms with Gasteiger partial charge in [-0.05, 0) is 13.5 Å². The van der Waals surface area contributed by atoms with E-state index in [1.54, 1.807) is 14.2 Å². The molecule has 0 N–H and O–H groups in total. The molecule has 0 aliphatic carbocycles. The van der Waals surface area contributed by atoms with Gasteiger partial charge in [0.2, 0.25) is 0 Å². The highest BCUT2D eigenvalue weighted by molar-refractivity contribution is 5.38. The van der Waals surface area contributed by atoms with Gasteiger partial charge in [-0.15, -0.1) is 0 Å². The van der Waals surface area contributed by atoms with Crippen LogP contribution in [0.3, 0.4) is 0 Å². The summed E-state index contributed by atoms with van der Waals surface area (Å²) in [5.41, 5.74) is 0. The van der Waals surface area contributed by atoms with Gasteiger partial charge in [-0.25, -0.2) is 4.79 Å². The number of methoxy groups -OCH3 is 2. The standard InChI is InChI=1S/C4H10O2.C2H2O/c1-4(5-2)6-3;1-2-3/h4H,1-3H3;1H2. The van der Waals surface area contributed by atoms with E-state index >= 15 is 0 Å². The van der Waals surface area contributed by atoms with E-state index in [1.807, 2.05) is 6.92 Å². The molecule has 0 aliphatic rings. The third kappa shape index (κ3) is 18.7. The average molecular weight is 132 g/mol. The lowest BCUT2D eigenvalue weighted by Gasteiger charge is -2.03. The normalized spacial score (nSPS) is 7.56. The largest absolute Gasteiger partial charge is 0.356 e. The summed E-state index contributed by atoms with van der Waals surface area (Å²) < 4.78 is 9.35. The molecule has 0 aliphatic heterocycles. The lowest BCUT2D eigenvalue weighted by atomic mass is 10.8. The van der Waals surface area contributed by atoms with E-state index in [1.165, 1.54) is 5.94 Å². The third-order valence-corrected chi connectivity index (χ3v) is 0.664. The number of ether oxygens (including phenoxy) is 2. The van der Waals surface area contributed by atoms with E-state index in [2.05, 4.69) is 16.1 Å². The molecule has 3 nitrogen and oxygen atoms in total. The van der Waals surface area contributed by atoms with Crippen molar-refractivity contribution in [3.8, 4) is 0 Å². The first-order chi connectivity index (χ1) is 4.22. The molecule has 0 heterocycles. The van der Waals surface area contributed by atoms with Gasteiger partial charge in [-0.1, -0.05) is 0 Å². The summed E-state index contributed by atoms with van der Waals surface area (Å²) in [4.78, 5) is 8.57. The summed E-state index contributed by atoms with van der Waals surface area (Å²) in [7, 11) is 3.21. The van der Waals surface area contributed by atoms with Crippen LogP contribution < -0.4 is 0 Å². The first kappa shape index (κ1) is 11.2. The summed E-state index contributed by atoms with van der Waals surface area (Å²) in [6, 6.07) is 0. The summed E-state index contributed by atoms with van der Waals surface area (Å²) in [6.07, 6.45) is -0.0648. The first-order valence-electron chi connectivity index (χ1n) is 2.42. The molecule has 0 bridgehead atoms. The fourth-order valence-corrected chi connectivity index (χ4v) is 0.0962. The van der Waals surface area contributed by atoms with Crippen LogP contribution in [0.2, 0.25) is 0 Å². The van der Waals surface area contributed by atoms with Gasteiger partial charge < -0.3 is 9.47 Å². The van der Waals surface area contributed by atoms with Gasteiger partial charge in [0, 0.05) is 14.2 Å². The Bertz CT molecular complexity index is 70.4. The van der Waals surface area contributed by atoms with Crippen molar-refractivity contribution in [1.29, 1.82) is 0 Å². The molecule has 0 saturated carbocycles. The Kier molecular flexibility index (Phi) is 12.9. The molecular formula is C6H12O3.